The first-order valence-electron chi connectivity index (χ1n) is 10.5. The molecule has 2 heterocycles. The summed E-state index contributed by atoms with van der Waals surface area (Å²) >= 11 is 1.84. The minimum Gasteiger partial charge on any atom is -0.497 e. The van der Waals surface area contributed by atoms with Crippen LogP contribution in [0, 0.1) is 0 Å². The predicted octanol–water partition coefficient (Wildman–Crippen LogP) is 4.31. The molecule has 162 valence electrons. The summed E-state index contributed by atoms with van der Waals surface area (Å²) in [7, 11) is 1.60. The molecule has 4 rings (SSSR count). The minimum absolute atomic E-state index is 0.0446. The molecular weight excluding hydrogens is 410 g/mol. The monoisotopic (exact) mass is 437 g/mol. The number of hydrogen-bond acceptors (Lipinski definition) is 4. The highest BCUT2D eigenvalue weighted by atomic mass is 32.2. The summed E-state index contributed by atoms with van der Waals surface area (Å²) in [5, 5.41) is 2.95. The van der Waals surface area contributed by atoms with Gasteiger partial charge in [-0.05, 0) is 36.6 Å². The van der Waals surface area contributed by atoms with Crippen molar-refractivity contribution < 1.29 is 14.3 Å². The number of thioether (sulfide) groups is 1. The molecule has 2 aliphatic heterocycles. The predicted molar refractivity (Wildman–Crippen MR) is 125 cm³/mol. The molecule has 0 aliphatic carbocycles. The largest absolute Gasteiger partial charge is 0.497 e. The van der Waals surface area contributed by atoms with Crippen LogP contribution in [0.5, 0.6) is 5.75 Å². The first-order valence-corrected chi connectivity index (χ1v) is 11.5. The second-order valence-corrected chi connectivity index (χ2v) is 9.13. The second kappa shape index (κ2) is 9.47. The third-order valence-corrected chi connectivity index (χ3v) is 7.37. The summed E-state index contributed by atoms with van der Waals surface area (Å²) in [6.07, 6.45) is 5.09. The van der Waals surface area contributed by atoms with Crippen LogP contribution in [0.25, 0.3) is 6.08 Å². The van der Waals surface area contributed by atoms with Crippen LogP contribution in [0.15, 0.2) is 60.7 Å². The molecule has 0 bridgehead atoms. The SMILES string of the molecule is COc1cccc(NC(=O)N2CCC3(CC2)SCCN3C(=O)/C=C/c2ccccc2)c1. The molecule has 2 fully saturated rings. The van der Waals surface area contributed by atoms with E-state index in [1.165, 1.54) is 0 Å². The highest BCUT2D eigenvalue weighted by molar-refractivity contribution is 8.00. The van der Waals surface area contributed by atoms with E-state index in [0.29, 0.717) is 24.5 Å². The van der Waals surface area contributed by atoms with Gasteiger partial charge in [-0.15, -0.1) is 11.8 Å². The Morgan fingerprint density at radius 2 is 1.84 bits per heavy atom. The van der Waals surface area contributed by atoms with Gasteiger partial charge >= 0.3 is 6.03 Å². The van der Waals surface area contributed by atoms with E-state index in [0.717, 1.165) is 30.7 Å². The Hall–Kier alpha value is -2.93. The first kappa shape index (κ1) is 21.3. The summed E-state index contributed by atoms with van der Waals surface area (Å²) in [6.45, 7) is 1.99. The number of hydrogen-bond donors (Lipinski definition) is 1. The number of anilines is 1. The van der Waals surface area contributed by atoms with E-state index < -0.39 is 0 Å². The van der Waals surface area contributed by atoms with Crippen LogP contribution in [-0.2, 0) is 4.79 Å². The lowest BCUT2D eigenvalue weighted by Crippen LogP contribution is -2.53. The number of carbonyl (C=O) groups is 2. The molecule has 0 saturated carbocycles. The van der Waals surface area contributed by atoms with Gasteiger partial charge in [0, 0.05) is 43.2 Å². The van der Waals surface area contributed by atoms with Crippen LogP contribution >= 0.6 is 11.8 Å². The van der Waals surface area contributed by atoms with Crippen molar-refractivity contribution in [1.82, 2.24) is 9.80 Å². The van der Waals surface area contributed by atoms with Crippen LogP contribution < -0.4 is 10.1 Å². The number of amides is 3. The Labute approximate surface area is 187 Å². The van der Waals surface area contributed by atoms with E-state index >= 15 is 0 Å². The normalized spacial score (nSPS) is 17.8. The molecule has 31 heavy (non-hydrogen) atoms. The van der Waals surface area contributed by atoms with Crippen molar-refractivity contribution in [1.29, 1.82) is 0 Å². The van der Waals surface area contributed by atoms with E-state index in [-0.39, 0.29) is 16.8 Å². The van der Waals surface area contributed by atoms with Crippen LogP contribution in [0.1, 0.15) is 18.4 Å². The summed E-state index contributed by atoms with van der Waals surface area (Å²) in [5.41, 5.74) is 1.73. The molecule has 6 nitrogen and oxygen atoms in total. The number of nitrogens with zero attached hydrogens (tertiary/aromatic N) is 2. The molecule has 2 saturated heterocycles. The van der Waals surface area contributed by atoms with Gasteiger partial charge in [-0.25, -0.2) is 4.79 Å². The Balaban J connectivity index is 1.36. The molecule has 1 N–H and O–H groups in total. The standard InChI is InChI=1S/C24H27N3O3S/c1-30-21-9-5-8-20(18-21)25-23(29)26-14-12-24(13-15-26)27(16-17-31-24)22(28)11-10-19-6-3-2-4-7-19/h2-11,18H,12-17H2,1H3,(H,25,29)/b11-10+. The maximum Gasteiger partial charge on any atom is 0.321 e. The Kier molecular flexibility index (Phi) is 6.51. The molecule has 0 radical (unpaired) electrons. The third kappa shape index (κ3) is 4.88. The maximum absolute atomic E-state index is 12.9. The summed E-state index contributed by atoms with van der Waals surface area (Å²) in [4.78, 5) is 29.3. The molecule has 2 aromatic rings. The zero-order valence-corrected chi connectivity index (χ0v) is 18.4. The van der Waals surface area contributed by atoms with Crippen molar-refractivity contribution >= 4 is 35.5 Å². The highest BCUT2D eigenvalue weighted by Crippen LogP contribution is 2.44. The zero-order chi connectivity index (χ0) is 21.7. The summed E-state index contributed by atoms with van der Waals surface area (Å²) < 4.78 is 5.22. The van der Waals surface area contributed by atoms with Gasteiger partial charge in [0.2, 0.25) is 5.91 Å². The van der Waals surface area contributed by atoms with Crippen molar-refractivity contribution in [3.63, 3.8) is 0 Å². The molecule has 1 spiro atoms. The maximum atomic E-state index is 12.9. The van der Waals surface area contributed by atoms with E-state index in [1.54, 1.807) is 19.3 Å². The van der Waals surface area contributed by atoms with Crippen molar-refractivity contribution in [2.45, 2.75) is 17.7 Å². The van der Waals surface area contributed by atoms with Gasteiger partial charge in [-0.3, -0.25) is 4.79 Å². The third-order valence-electron chi connectivity index (χ3n) is 5.81. The van der Waals surface area contributed by atoms with Crippen molar-refractivity contribution in [3.05, 3.63) is 66.2 Å². The second-order valence-electron chi connectivity index (χ2n) is 7.68. The van der Waals surface area contributed by atoms with Crippen LogP contribution in [-0.4, -0.2) is 59.1 Å². The van der Waals surface area contributed by atoms with Gasteiger partial charge < -0.3 is 19.9 Å². The van der Waals surface area contributed by atoms with Crippen molar-refractivity contribution in [3.8, 4) is 5.75 Å². The number of rotatable bonds is 4. The van der Waals surface area contributed by atoms with Crippen LogP contribution in [0.4, 0.5) is 10.5 Å². The molecule has 2 aromatic carbocycles. The molecule has 3 amide bonds. The van der Waals surface area contributed by atoms with Crippen molar-refractivity contribution in [2.24, 2.45) is 0 Å². The van der Waals surface area contributed by atoms with Crippen LogP contribution in [0.2, 0.25) is 0 Å². The van der Waals surface area contributed by atoms with E-state index in [2.05, 4.69) is 5.32 Å². The number of nitrogens with one attached hydrogen (secondary N) is 1. The topological polar surface area (TPSA) is 61.9 Å². The molecule has 0 aromatic heterocycles. The van der Waals surface area contributed by atoms with Gasteiger partial charge in [0.05, 0.1) is 12.0 Å². The lowest BCUT2D eigenvalue weighted by molar-refractivity contribution is -0.129. The molecule has 0 atom stereocenters. The molecular formula is C24H27N3O3S. The Bertz CT molecular complexity index is 956. The van der Waals surface area contributed by atoms with E-state index in [4.69, 9.17) is 4.74 Å². The van der Waals surface area contributed by atoms with Gasteiger partial charge in [0.15, 0.2) is 0 Å². The molecule has 0 unspecified atom stereocenters. The van der Waals surface area contributed by atoms with Gasteiger partial charge in [0.25, 0.3) is 0 Å². The number of piperidine rings is 1. The molecule has 2 aliphatic rings. The first-order chi connectivity index (χ1) is 15.1. The number of ether oxygens (including phenoxy) is 1. The average Bonchev–Trinajstić information content (AvgIpc) is 3.21. The summed E-state index contributed by atoms with van der Waals surface area (Å²) in [5.74, 6) is 1.68. The highest BCUT2D eigenvalue weighted by Gasteiger charge is 2.46. The average molecular weight is 438 g/mol. The van der Waals surface area contributed by atoms with E-state index in [1.807, 2.05) is 76.2 Å². The van der Waals surface area contributed by atoms with E-state index in [9.17, 15) is 9.59 Å². The van der Waals surface area contributed by atoms with Gasteiger partial charge in [-0.1, -0.05) is 36.4 Å². The Morgan fingerprint density at radius 1 is 1.06 bits per heavy atom. The fourth-order valence-corrected chi connectivity index (χ4v) is 5.58. The van der Waals surface area contributed by atoms with Crippen LogP contribution in [0.3, 0.4) is 0 Å². The fourth-order valence-electron chi connectivity index (χ4n) is 4.12. The number of methoxy groups -OCH3 is 1. The lowest BCUT2D eigenvalue weighted by Gasteiger charge is -2.43. The zero-order valence-electron chi connectivity index (χ0n) is 17.6. The lowest BCUT2D eigenvalue weighted by atomic mass is 10.0. The fraction of sp³-hybridized carbons (Fsp3) is 0.333. The quantitative estimate of drug-likeness (QED) is 0.724. The molecule has 7 heteroatoms. The number of likely N-dealkylation sites (tertiary alicyclic amines) is 1. The van der Waals surface area contributed by atoms with Gasteiger partial charge in [0.1, 0.15) is 5.75 Å². The van der Waals surface area contributed by atoms with Crippen molar-refractivity contribution in [2.75, 3.05) is 37.8 Å². The smallest absolute Gasteiger partial charge is 0.321 e. The number of carbonyl (C=O) groups excluding carboxylic acids is 2. The number of benzene rings is 2. The number of urea groups is 1. The minimum atomic E-state index is -0.217. The Morgan fingerprint density at radius 3 is 2.58 bits per heavy atom. The summed E-state index contributed by atoms with van der Waals surface area (Å²) in [6, 6.07) is 17.1. The van der Waals surface area contributed by atoms with Gasteiger partial charge in [-0.2, -0.15) is 0 Å².